The Morgan fingerprint density at radius 3 is 2.48 bits per heavy atom. The standard InChI is InChI=1S/C21H26N2O4/c1-5-14(2)17-8-6-7-9-19(17)27-13-21(25)23-18-12-16(22-15(3)24)10-11-20(18)26-4/h6-12,14H,5,13H2,1-4H3,(H,22,24)(H,23,25). The molecule has 0 aromatic heterocycles. The van der Waals surface area contributed by atoms with Crippen molar-refractivity contribution in [2.24, 2.45) is 0 Å². The van der Waals surface area contributed by atoms with Crippen molar-refractivity contribution in [1.82, 2.24) is 0 Å². The summed E-state index contributed by atoms with van der Waals surface area (Å²) in [5, 5.41) is 5.44. The van der Waals surface area contributed by atoms with Crippen LogP contribution >= 0.6 is 0 Å². The lowest BCUT2D eigenvalue weighted by molar-refractivity contribution is -0.118. The Kier molecular flexibility index (Phi) is 7.23. The number of benzene rings is 2. The fourth-order valence-corrected chi connectivity index (χ4v) is 2.66. The lowest BCUT2D eigenvalue weighted by atomic mass is 9.98. The Hall–Kier alpha value is -3.02. The van der Waals surface area contributed by atoms with Gasteiger partial charge in [-0.1, -0.05) is 32.0 Å². The number of hydrogen-bond acceptors (Lipinski definition) is 4. The van der Waals surface area contributed by atoms with Gasteiger partial charge in [0.1, 0.15) is 11.5 Å². The molecule has 0 heterocycles. The third kappa shape index (κ3) is 5.74. The van der Waals surface area contributed by atoms with E-state index in [0.717, 1.165) is 12.0 Å². The zero-order valence-electron chi connectivity index (χ0n) is 16.2. The van der Waals surface area contributed by atoms with Gasteiger partial charge >= 0.3 is 0 Å². The van der Waals surface area contributed by atoms with Crippen LogP contribution in [0.5, 0.6) is 11.5 Å². The van der Waals surface area contributed by atoms with Crippen molar-refractivity contribution in [1.29, 1.82) is 0 Å². The van der Waals surface area contributed by atoms with Gasteiger partial charge in [0, 0.05) is 12.6 Å². The van der Waals surface area contributed by atoms with E-state index in [-0.39, 0.29) is 18.4 Å². The molecule has 1 atom stereocenters. The van der Waals surface area contributed by atoms with Gasteiger partial charge in [-0.15, -0.1) is 0 Å². The van der Waals surface area contributed by atoms with Crippen molar-refractivity contribution >= 4 is 23.2 Å². The van der Waals surface area contributed by atoms with Crippen LogP contribution in [0.2, 0.25) is 0 Å². The zero-order valence-corrected chi connectivity index (χ0v) is 16.2. The highest BCUT2D eigenvalue weighted by atomic mass is 16.5. The van der Waals surface area contributed by atoms with Gasteiger partial charge in [-0.2, -0.15) is 0 Å². The fourth-order valence-electron chi connectivity index (χ4n) is 2.66. The first-order valence-corrected chi connectivity index (χ1v) is 8.91. The number of amides is 2. The van der Waals surface area contributed by atoms with E-state index in [1.54, 1.807) is 18.2 Å². The van der Waals surface area contributed by atoms with E-state index in [1.807, 2.05) is 24.3 Å². The summed E-state index contributed by atoms with van der Waals surface area (Å²) in [6, 6.07) is 12.8. The second kappa shape index (κ2) is 9.62. The smallest absolute Gasteiger partial charge is 0.262 e. The summed E-state index contributed by atoms with van der Waals surface area (Å²) in [5.74, 6) is 1.05. The molecule has 6 nitrogen and oxygen atoms in total. The monoisotopic (exact) mass is 370 g/mol. The maximum Gasteiger partial charge on any atom is 0.262 e. The summed E-state index contributed by atoms with van der Waals surface area (Å²) in [7, 11) is 1.52. The number of para-hydroxylation sites is 1. The van der Waals surface area contributed by atoms with E-state index in [0.29, 0.717) is 28.8 Å². The Morgan fingerprint density at radius 2 is 1.81 bits per heavy atom. The highest BCUT2D eigenvalue weighted by Gasteiger charge is 2.13. The van der Waals surface area contributed by atoms with Crippen molar-refractivity contribution in [2.45, 2.75) is 33.1 Å². The minimum absolute atomic E-state index is 0.124. The normalized spacial score (nSPS) is 11.4. The predicted molar refractivity (Wildman–Crippen MR) is 107 cm³/mol. The van der Waals surface area contributed by atoms with E-state index in [1.165, 1.54) is 14.0 Å². The molecule has 2 N–H and O–H groups in total. The van der Waals surface area contributed by atoms with E-state index >= 15 is 0 Å². The minimum Gasteiger partial charge on any atom is -0.495 e. The Labute approximate surface area is 159 Å². The molecule has 2 amide bonds. The van der Waals surface area contributed by atoms with Crippen molar-refractivity contribution in [2.75, 3.05) is 24.4 Å². The molecule has 6 heteroatoms. The molecule has 0 fully saturated rings. The van der Waals surface area contributed by atoms with Crippen LogP contribution in [0.25, 0.3) is 0 Å². The second-order valence-electron chi connectivity index (χ2n) is 6.28. The SMILES string of the molecule is CCC(C)c1ccccc1OCC(=O)Nc1cc(NC(C)=O)ccc1OC. The lowest BCUT2D eigenvalue weighted by Crippen LogP contribution is -2.21. The highest BCUT2D eigenvalue weighted by Crippen LogP contribution is 2.29. The van der Waals surface area contributed by atoms with Gasteiger partial charge < -0.3 is 20.1 Å². The molecule has 0 saturated carbocycles. The van der Waals surface area contributed by atoms with Gasteiger partial charge in [0.2, 0.25) is 5.91 Å². The number of methoxy groups -OCH3 is 1. The Bertz CT molecular complexity index is 805. The number of nitrogens with one attached hydrogen (secondary N) is 2. The van der Waals surface area contributed by atoms with Crippen LogP contribution in [-0.2, 0) is 9.59 Å². The molecule has 2 rings (SSSR count). The predicted octanol–water partition coefficient (Wildman–Crippen LogP) is 4.18. The molecular weight excluding hydrogens is 344 g/mol. The molecule has 0 bridgehead atoms. The fraction of sp³-hybridized carbons (Fsp3) is 0.333. The zero-order chi connectivity index (χ0) is 19.8. The summed E-state index contributed by atoms with van der Waals surface area (Å²) in [4.78, 5) is 23.6. The summed E-state index contributed by atoms with van der Waals surface area (Å²) in [6.07, 6.45) is 0.986. The number of hydrogen-bond donors (Lipinski definition) is 2. The van der Waals surface area contributed by atoms with Gasteiger partial charge in [0.25, 0.3) is 5.91 Å². The molecule has 1 unspecified atom stereocenters. The van der Waals surface area contributed by atoms with Crippen molar-refractivity contribution < 1.29 is 19.1 Å². The number of anilines is 2. The van der Waals surface area contributed by atoms with E-state index in [9.17, 15) is 9.59 Å². The van der Waals surface area contributed by atoms with Gasteiger partial charge in [-0.3, -0.25) is 9.59 Å². The third-order valence-electron chi connectivity index (χ3n) is 4.22. The van der Waals surface area contributed by atoms with Crippen LogP contribution in [0, 0.1) is 0 Å². The van der Waals surface area contributed by atoms with Crippen molar-refractivity contribution in [3.8, 4) is 11.5 Å². The molecule has 0 aliphatic rings. The summed E-state index contributed by atoms with van der Waals surface area (Å²) < 4.78 is 11.0. The van der Waals surface area contributed by atoms with Crippen LogP contribution < -0.4 is 20.1 Å². The van der Waals surface area contributed by atoms with Crippen LogP contribution in [0.3, 0.4) is 0 Å². The molecule has 0 aliphatic heterocycles. The number of ether oxygens (including phenoxy) is 2. The van der Waals surface area contributed by atoms with Crippen molar-refractivity contribution in [3.05, 3.63) is 48.0 Å². The molecule has 0 saturated heterocycles. The first-order chi connectivity index (χ1) is 12.9. The average molecular weight is 370 g/mol. The number of carbonyl (C=O) groups is 2. The van der Waals surface area contributed by atoms with Crippen LogP contribution in [0.15, 0.2) is 42.5 Å². The quantitative estimate of drug-likeness (QED) is 0.731. The summed E-state index contributed by atoms with van der Waals surface area (Å²) in [6.45, 7) is 5.54. The number of rotatable bonds is 8. The summed E-state index contributed by atoms with van der Waals surface area (Å²) in [5.41, 5.74) is 2.12. The van der Waals surface area contributed by atoms with Crippen LogP contribution in [0.4, 0.5) is 11.4 Å². The molecule has 0 spiro atoms. The van der Waals surface area contributed by atoms with E-state index < -0.39 is 0 Å². The summed E-state index contributed by atoms with van der Waals surface area (Å²) >= 11 is 0. The molecule has 0 aliphatic carbocycles. The number of carbonyl (C=O) groups excluding carboxylic acids is 2. The third-order valence-corrected chi connectivity index (χ3v) is 4.22. The van der Waals surface area contributed by atoms with E-state index in [4.69, 9.17) is 9.47 Å². The maximum absolute atomic E-state index is 12.4. The minimum atomic E-state index is -0.313. The maximum atomic E-state index is 12.4. The van der Waals surface area contributed by atoms with Gasteiger partial charge in [0.15, 0.2) is 6.61 Å². The first-order valence-electron chi connectivity index (χ1n) is 8.91. The highest BCUT2D eigenvalue weighted by molar-refractivity contribution is 5.95. The van der Waals surface area contributed by atoms with E-state index in [2.05, 4.69) is 24.5 Å². The second-order valence-corrected chi connectivity index (χ2v) is 6.28. The molecule has 27 heavy (non-hydrogen) atoms. The molecule has 2 aromatic rings. The Morgan fingerprint density at radius 1 is 1.07 bits per heavy atom. The first kappa shape index (κ1) is 20.3. The molecule has 144 valence electrons. The molecule has 0 radical (unpaired) electrons. The van der Waals surface area contributed by atoms with Gasteiger partial charge in [0.05, 0.1) is 12.8 Å². The van der Waals surface area contributed by atoms with Crippen molar-refractivity contribution in [3.63, 3.8) is 0 Å². The topological polar surface area (TPSA) is 76.7 Å². The van der Waals surface area contributed by atoms with Gasteiger partial charge in [-0.25, -0.2) is 0 Å². The molecular formula is C21H26N2O4. The largest absolute Gasteiger partial charge is 0.495 e. The van der Waals surface area contributed by atoms with Crippen LogP contribution in [0.1, 0.15) is 38.7 Å². The average Bonchev–Trinajstić information content (AvgIpc) is 2.65. The lowest BCUT2D eigenvalue weighted by Gasteiger charge is -2.16. The molecule has 2 aromatic carbocycles. The van der Waals surface area contributed by atoms with Gasteiger partial charge in [-0.05, 0) is 42.2 Å². The Balaban J connectivity index is 2.07. The van der Waals surface area contributed by atoms with Crippen LogP contribution in [-0.4, -0.2) is 25.5 Å².